The number of fused-ring (bicyclic) bond motifs is 18. The average Bonchev–Trinajstić information content (AvgIpc) is 1.55. The van der Waals surface area contributed by atoms with Gasteiger partial charge in [-0.2, -0.15) is 0 Å². The molecule has 0 aliphatic heterocycles. The van der Waals surface area contributed by atoms with Gasteiger partial charge in [-0.25, -0.2) is 19.8 Å². The van der Waals surface area contributed by atoms with Crippen molar-refractivity contribution in [2.24, 2.45) is 0 Å². The molecule has 0 aliphatic carbocycles. The summed E-state index contributed by atoms with van der Waals surface area (Å²) in [4.78, 5) is 20.5. The van der Waals surface area contributed by atoms with E-state index in [2.05, 4.69) is 354 Å². The van der Waals surface area contributed by atoms with E-state index < -0.39 is 0 Å². The monoisotopic (exact) mass is 1400 g/mol. The van der Waals surface area contributed by atoms with Crippen molar-refractivity contribution in [2.45, 2.75) is 0 Å². The van der Waals surface area contributed by atoms with Crippen LogP contribution in [0.2, 0.25) is 0 Å². The summed E-state index contributed by atoms with van der Waals surface area (Å²) < 4.78 is 14.5. The molecule has 0 fully saturated rings. The van der Waals surface area contributed by atoms with Gasteiger partial charge < -0.3 is 27.4 Å². The van der Waals surface area contributed by atoms with Crippen molar-refractivity contribution in [2.75, 3.05) is 0 Å². The molecule has 7 aromatic heterocycles. The Balaban J connectivity index is 0.814. The summed E-state index contributed by atoms with van der Waals surface area (Å²) in [5.74, 6) is 1.57. The van der Waals surface area contributed by atoms with Crippen molar-refractivity contribution in [3.63, 3.8) is 0 Å². The minimum absolute atomic E-state index is 0.487. The molecule has 0 radical (unpaired) electrons. The van der Waals surface area contributed by atoms with Crippen molar-refractivity contribution in [3.05, 3.63) is 375 Å². The first kappa shape index (κ1) is 61.2. The molecule has 0 unspecified atom stereocenters. The minimum Gasteiger partial charge on any atom is -0.309 e. The summed E-state index contributed by atoms with van der Waals surface area (Å²) in [6.07, 6.45) is 0. The zero-order valence-corrected chi connectivity index (χ0v) is 59.1. The van der Waals surface area contributed by atoms with Crippen LogP contribution in [0.15, 0.2) is 364 Å². The number of para-hydroxylation sites is 8. The van der Waals surface area contributed by atoms with Crippen LogP contribution < -0.4 is 0 Å². The van der Waals surface area contributed by atoms with Gasteiger partial charge in [-0.1, -0.05) is 212 Å². The second kappa shape index (κ2) is 23.9. The number of nitrogens with zero attached hydrogens (tertiary/aromatic N) is 10. The molecular weight excluding hydrogens is 1340 g/mol. The molecule has 0 N–H and O–H groups in total. The molecule has 10 nitrogen and oxygen atoms in total. The molecule has 0 spiro atoms. The number of rotatable bonds is 10. The lowest BCUT2D eigenvalue weighted by molar-refractivity contribution is 1.07. The van der Waals surface area contributed by atoms with Crippen LogP contribution in [-0.2, 0) is 0 Å². The van der Waals surface area contributed by atoms with Gasteiger partial charge in [0.1, 0.15) is 0 Å². The largest absolute Gasteiger partial charge is 0.309 e. The van der Waals surface area contributed by atoms with Crippen molar-refractivity contribution in [1.82, 2.24) is 42.4 Å². The predicted octanol–water partition coefficient (Wildman–Crippen LogP) is 25.7. The maximum atomic E-state index is 8.91. The fraction of sp³-hybridized carbons (Fsp3) is 0. The molecule has 0 saturated heterocycles. The Morgan fingerprint density at radius 3 is 0.773 bits per heavy atom. The molecule has 0 atom stereocenters. The van der Waals surface area contributed by atoms with Crippen LogP contribution in [0, 0.1) is 6.57 Å². The molecule has 110 heavy (non-hydrogen) atoms. The van der Waals surface area contributed by atoms with E-state index in [-0.39, 0.29) is 0 Å². The molecule has 0 saturated carbocycles. The van der Waals surface area contributed by atoms with Crippen LogP contribution in [0.5, 0.6) is 0 Å². The third-order valence-electron chi connectivity index (χ3n) is 22.7. The summed E-state index contributed by atoms with van der Waals surface area (Å²) in [7, 11) is 0. The number of aromatic nitrogens is 9. The highest BCUT2D eigenvalue weighted by Gasteiger charge is 2.27. The topological polar surface area (TPSA) is 72.6 Å². The van der Waals surface area contributed by atoms with Gasteiger partial charge in [-0.3, -0.25) is 0 Å². The van der Waals surface area contributed by atoms with Crippen molar-refractivity contribution in [1.29, 1.82) is 0 Å². The zero-order chi connectivity index (χ0) is 72.2. The van der Waals surface area contributed by atoms with Gasteiger partial charge in [-0.15, -0.1) is 0 Å². The summed E-state index contributed by atoms with van der Waals surface area (Å²) >= 11 is 0. The minimum atomic E-state index is 0.487. The Labute approximate surface area is 629 Å². The number of benzene rings is 16. The molecule has 23 aromatic rings. The summed E-state index contributed by atoms with van der Waals surface area (Å²) in [5, 5.41) is 13.9. The lowest BCUT2D eigenvalue weighted by Gasteiger charge is -2.20. The summed E-state index contributed by atoms with van der Waals surface area (Å²) in [5.41, 5.74) is 23.7. The highest BCUT2D eigenvalue weighted by Crippen LogP contribution is 2.47. The first-order valence-electron chi connectivity index (χ1n) is 37.2. The molecular formula is C100H60N10. The van der Waals surface area contributed by atoms with E-state index in [1.807, 2.05) is 42.5 Å². The lowest BCUT2D eigenvalue weighted by atomic mass is 9.95. The predicted molar refractivity (Wildman–Crippen MR) is 454 cm³/mol. The second-order valence-electron chi connectivity index (χ2n) is 28.5. The molecule has 0 bridgehead atoms. The molecule has 0 amide bonds. The van der Waals surface area contributed by atoms with Gasteiger partial charge in [-0.05, 0) is 163 Å². The molecule has 510 valence electrons. The highest BCUT2D eigenvalue weighted by molar-refractivity contribution is 6.17. The second-order valence-corrected chi connectivity index (χ2v) is 28.5. The Hall–Kier alpha value is -15.2. The van der Waals surface area contributed by atoms with Gasteiger partial charge in [0.15, 0.2) is 23.2 Å². The highest BCUT2D eigenvalue weighted by atomic mass is 15.1. The summed E-state index contributed by atoms with van der Waals surface area (Å²) in [6.45, 7) is 8.91. The third kappa shape index (κ3) is 9.13. The smallest absolute Gasteiger partial charge is 0.188 e. The Morgan fingerprint density at radius 2 is 0.455 bits per heavy atom. The van der Waals surface area contributed by atoms with Crippen LogP contribution in [-0.4, -0.2) is 42.4 Å². The maximum Gasteiger partial charge on any atom is 0.188 e. The number of hydrogen-bond acceptors (Lipinski definition) is 3. The van der Waals surface area contributed by atoms with E-state index in [9.17, 15) is 0 Å². The van der Waals surface area contributed by atoms with Crippen LogP contribution in [0.3, 0.4) is 0 Å². The molecule has 16 aromatic carbocycles. The van der Waals surface area contributed by atoms with Gasteiger partial charge in [0.2, 0.25) is 0 Å². The van der Waals surface area contributed by atoms with Gasteiger partial charge in [0.05, 0.1) is 78.5 Å². The first-order chi connectivity index (χ1) is 54.5. The maximum absolute atomic E-state index is 8.91. The molecule has 0 aliphatic rings. The number of hydrogen-bond donors (Lipinski definition) is 0. The Bertz CT molecular complexity index is 7250. The summed E-state index contributed by atoms with van der Waals surface area (Å²) in [6, 6.07) is 131. The van der Waals surface area contributed by atoms with E-state index >= 15 is 0 Å². The van der Waals surface area contributed by atoms with Crippen molar-refractivity contribution < 1.29 is 0 Å². The van der Waals surface area contributed by atoms with E-state index in [1.54, 1.807) is 0 Å². The standard InChI is InChI=1S/C100H60N10/c1-101-64-44-51-95(110-96-54-48-68(107-89-40-20-12-32-74(89)75-33-13-21-41-90(75)107)60-83(96)84-61-69(49-55-97(84)110)108-91-42-22-14-34-76(91)77-35-15-23-43-92(77)108)80(56-64)79-57-65(45-50-78(79)100-103-98(62-24-4-2-5-25-62)102-99(104-100)63-26-6-3-7-27-63)109-93-52-46-66(105-85-36-16-8-28-70(85)71-29-9-17-37-86(71)105)58-81(93)82-59-67(47-53-94(82)109)106-87-38-18-10-30-72(87)73-31-11-19-39-88(73)106/h2-61H. The van der Waals surface area contributed by atoms with Crippen LogP contribution in [0.25, 0.3) is 215 Å². The Kier molecular flexibility index (Phi) is 13.3. The van der Waals surface area contributed by atoms with E-state index in [0.29, 0.717) is 23.2 Å². The normalized spacial score (nSPS) is 12.0. The quantitative estimate of drug-likeness (QED) is 0.128. The van der Waals surface area contributed by atoms with E-state index in [0.717, 1.165) is 150 Å². The SMILES string of the molecule is [C-]#[N+]c1ccc(-n2c3ccc(-n4c5ccccc5c5ccccc54)cc3c3cc(-n4c5ccccc5c5ccccc54)ccc32)c(-c2cc(-n3c4ccc(-n5c6ccccc6c6ccccc65)cc4c4cc(-n5c6ccccc6c6ccccc65)ccc43)ccc2-c2nc(-c3ccccc3)nc(-c3ccccc3)n2)c1. The molecule has 10 heteroatoms. The Morgan fingerprint density at radius 1 is 0.191 bits per heavy atom. The zero-order valence-electron chi connectivity index (χ0n) is 59.1. The fourth-order valence-corrected chi connectivity index (χ4v) is 17.9. The lowest BCUT2D eigenvalue weighted by Crippen LogP contribution is -2.04. The molecule has 23 rings (SSSR count). The van der Waals surface area contributed by atoms with E-state index in [4.69, 9.17) is 21.5 Å². The molecule has 7 heterocycles. The van der Waals surface area contributed by atoms with Gasteiger partial charge in [0.25, 0.3) is 0 Å². The average molecular weight is 1400 g/mol. The first-order valence-corrected chi connectivity index (χ1v) is 37.2. The third-order valence-corrected chi connectivity index (χ3v) is 22.7. The van der Waals surface area contributed by atoms with Crippen molar-refractivity contribution in [3.8, 4) is 79.4 Å². The van der Waals surface area contributed by atoms with Crippen LogP contribution in [0.1, 0.15) is 0 Å². The van der Waals surface area contributed by atoms with Gasteiger partial charge in [0, 0.05) is 110 Å². The van der Waals surface area contributed by atoms with Crippen LogP contribution >= 0.6 is 0 Å². The fourth-order valence-electron chi connectivity index (χ4n) is 17.9. The van der Waals surface area contributed by atoms with E-state index in [1.165, 1.54) is 43.1 Å². The van der Waals surface area contributed by atoms with Crippen molar-refractivity contribution >= 4 is 137 Å². The van der Waals surface area contributed by atoms with Gasteiger partial charge >= 0.3 is 0 Å². The van der Waals surface area contributed by atoms with Crippen LogP contribution in [0.4, 0.5) is 5.69 Å².